The lowest BCUT2D eigenvalue weighted by atomic mass is 10.2. The summed E-state index contributed by atoms with van der Waals surface area (Å²) >= 11 is 0. The van der Waals surface area contributed by atoms with E-state index in [4.69, 9.17) is 8.94 Å². The Labute approximate surface area is 91.1 Å². The smallest absolute Gasteiger partial charge is 0.321 e. The standard InChI is InChI=1S/C11H9N3O2/c1-12-11-13-10(14-16-11)8-6-15-9-5-3-2-4-7(8)9/h2-6H,1H3,(H,12,13,14). The van der Waals surface area contributed by atoms with Crippen molar-refractivity contribution in [3.63, 3.8) is 0 Å². The molecule has 2 heterocycles. The van der Waals surface area contributed by atoms with Crippen molar-refractivity contribution in [1.82, 2.24) is 10.1 Å². The number of aromatic nitrogens is 2. The van der Waals surface area contributed by atoms with Crippen molar-refractivity contribution in [3.8, 4) is 11.4 Å². The van der Waals surface area contributed by atoms with Gasteiger partial charge in [0, 0.05) is 12.4 Å². The maximum Gasteiger partial charge on any atom is 0.321 e. The van der Waals surface area contributed by atoms with Gasteiger partial charge in [0.2, 0.25) is 5.82 Å². The van der Waals surface area contributed by atoms with Gasteiger partial charge in [-0.1, -0.05) is 23.4 Å². The van der Waals surface area contributed by atoms with Crippen molar-refractivity contribution >= 4 is 17.0 Å². The van der Waals surface area contributed by atoms with Crippen LogP contribution in [-0.2, 0) is 0 Å². The van der Waals surface area contributed by atoms with E-state index in [9.17, 15) is 0 Å². The molecule has 0 aliphatic rings. The van der Waals surface area contributed by atoms with Crippen LogP contribution in [-0.4, -0.2) is 17.2 Å². The van der Waals surface area contributed by atoms with Gasteiger partial charge in [-0.2, -0.15) is 4.98 Å². The highest BCUT2D eigenvalue weighted by Gasteiger charge is 2.13. The van der Waals surface area contributed by atoms with Crippen molar-refractivity contribution in [1.29, 1.82) is 0 Å². The number of anilines is 1. The SMILES string of the molecule is CNc1nc(-c2coc3ccccc23)no1. The molecule has 0 unspecified atom stereocenters. The second-order valence-corrected chi connectivity index (χ2v) is 3.32. The third-order valence-electron chi connectivity index (χ3n) is 2.36. The lowest BCUT2D eigenvalue weighted by molar-refractivity contribution is 0.434. The summed E-state index contributed by atoms with van der Waals surface area (Å²) < 4.78 is 10.4. The number of rotatable bonds is 2. The highest BCUT2D eigenvalue weighted by Crippen LogP contribution is 2.28. The number of benzene rings is 1. The first-order valence-electron chi connectivity index (χ1n) is 4.86. The molecule has 0 amide bonds. The van der Waals surface area contributed by atoms with Crippen LogP contribution in [0.1, 0.15) is 0 Å². The quantitative estimate of drug-likeness (QED) is 0.711. The minimum absolute atomic E-state index is 0.389. The van der Waals surface area contributed by atoms with Gasteiger partial charge in [-0.3, -0.25) is 0 Å². The Morgan fingerprint density at radius 2 is 2.12 bits per heavy atom. The van der Waals surface area contributed by atoms with Crippen LogP contribution < -0.4 is 5.32 Å². The predicted molar refractivity (Wildman–Crippen MR) is 59.1 cm³/mol. The van der Waals surface area contributed by atoms with E-state index >= 15 is 0 Å². The number of hydrogen-bond donors (Lipinski definition) is 1. The Kier molecular flexibility index (Phi) is 1.89. The minimum Gasteiger partial charge on any atom is -0.464 e. The largest absolute Gasteiger partial charge is 0.464 e. The Balaban J connectivity index is 2.18. The second-order valence-electron chi connectivity index (χ2n) is 3.32. The maximum atomic E-state index is 5.40. The molecule has 16 heavy (non-hydrogen) atoms. The average Bonchev–Trinajstić information content (AvgIpc) is 2.94. The molecule has 3 aromatic rings. The molecule has 0 aliphatic heterocycles. The number of nitrogens with zero attached hydrogens (tertiary/aromatic N) is 2. The van der Waals surface area contributed by atoms with Crippen molar-refractivity contribution in [2.24, 2.45) is 0 Å². The molecule has 2 aromatic heterocycles. The molecule has 0 aliphatic carbocycles. The van der Waals surface area contributed by atoms with Crippen LogP contribution in [0.5, 0.6) is 0 Å². The van der Waals surface area contributed by atoms with E-state index in [1.807, 2.05) is 24.3 Å². The van der Waals surface area contributed by atoms with Crippen molar-refractivity contribution < 1.29 is 8.94 Å². The molecular weight excluding hydrogens is 206 g/mol. The fraction of sp³-hybridized carbons (Fsp3) is 0.0909. The molecule has 5 nitrogen and oxygen atoms in total. The first-order chi connectivity index (χ1) is 7.88. The van der Waals surface area contributed by atoms with Gasteiger partial charge in [-0.05, 0) is 6.07 Å². The summed E-state index contributed by atoms with van der Waals surface area (Å²) in [5.41, 5.74) is 1.65. The number of nitrogens with one attached hydrogen (secondary N) is 1. The zero-order chi connectivity index (χ0) is 11.0. The van der Waals surface area contributed by atoms with Crippen LogP contribution in [0.3, 0.4) is 0 Å². The molecule has 0 spiro atoms. The normalized spacial score (nSPS) is 10.8. The monoisotopic (exact) mass is 215 g/mol. The van der Waals surface area contributed by atoms with E-state index in [0.717, 1.165) is 16.5 Å². The molecule has 0 bridgehead atoms. The topological polar surface area (TPSA) is 64.1 Å². The van der Waals surface area contributed by atoms with Crippen LogP contribution in [0.4, 0.5) is 6.01 Å². The molecule has 0 radical (unpaired) electrons. The fourth-order valence-corrected chi connectivity index (χ4v) is 1.59. The Hall–Kier alpha value is -2.30. The Morgan fingerprint density at radius 1 is 1.25 bits per heavy atom. The van der Waals surface area contributed by atoms with Crippen molar-refractivity contribution in [2.75, 3.05) is 12.4 Å². The number of furan rings is 1. The van der Waals surface area contributed by atoms with E-state index in [1.165, 1.54) is 0 Å². The Morgan fingerprint density at radius 3 is 2.94 bits per heavy atom. The lowest BCUT2D eigenvalue weighted by Crippen LogP contribution is -1.86. The van der Waals surface area contributed by atoms with Gasteiger partial charge in [-0.25, -0.2) is 0 Å². The first kappa shape index (κ1) is 8.96. The van der Waals surface area contributed by atoms with Gasteiger partial charge >= 0.3 is 6.01 Å². The van der Waals surface area contributed by atoms with Crippen LogP contribution in [0.15, 0.2) is 39.5 Å². The fourth-order valence-electron chi connectivity index (χ4n) is 1.59. The zero-order valence-corrected chi connectivity index (χ0v) is 8.60. The molecule has 3 rings (SSSR count). The van der Waals surface area contributed by atoms with Gasteiger partial charge < -0.3 is 14.3 Å². The number of fused-ring (bicyclic) bond motifs is 1. The Bertz CT molecular complexity index is 627. The second kappa shape index (κ2) is 3.37. The maximum absolute atomic E-state index is 5.40. The highest BCUT2D eigenvalue weighted by atomic mass is 16.5. The molecule has 0 fully saturated rings. The van der Waals surface area contributed by atoms with Gasteiger partial charge in [0.1, 0.15) is 11.8 Å². The lowest BCUT2D eigenvalue weighted by Gasteiger charge is -1.88. The van der Waals surface area contributed by atoms with E-state index in [2.05, 4.69) is 15.5 Å². The number of para-hydroxylation sites is 1. The summed E-state index contributed by atoms with van der Waals surface area (Å²) in [5, 5.41) is 7.64. The van der Waals surface area contributed by atoms with Gasteiger partial charge in [0.15, 0.2) is 0 Å². The third-order valence-corrected chi connectivity index (χ3v) is 2.36. The molecule has 1 aromatic carbocycles. The average molecular weight is 215 g/mol. The molecule has 1 N–H and O–H groups in total. The van der Waals surface area contributed by atoms with Crippen molar-refractivity contribution in [2.45, 2.75) is 0 Å². The first-order valence-corrected chi connectivity index (χ1v) is 4.86. The summed E-state index contributed by atoms with van der Waals surface area (Å²) in [7, 11) is 1.73. The molecule has 80 valence electrons. The summed E-state index contributed by atoms with van der Waals surface area (Å²) in [5.74, 6) is 0.522. The molecular formula is C11H9N3O2. The van der Waals surface area contributed by atoms with E-state index in [1.54, 1.807) is 13.3 Å². The molecule has 0 atom stereocenters. The van der Waals surface area contributed by atoms with Crippen molar-refractivity contribution in [3.05, 3.63) is 30.5 Å². The summed E-state index contributed by atoms with van der Waals surface area (Å²) in [4.78, 5) is 4.17. The summed E-state index contributed by atoms with van der Waals surface area (Å²) in [6, 6.07) is 8.12. The summed E-state index contributed by atoms with van der Waals surface area (Å²) in [6.07, 6.45) is 1.63. The van der Waals surface area contributed by atoms with Crippen LogP contribution >= 0.6 is 0 Å². The van der Waals surface area contributed by atoms with Gasteiger partial charge in [0.05, 0.1) is 5.56 Å². The molecule has 5 heteroatoms. The van der Waals surface area contributed by atoms with Crippen LogP contribution in [0.2, 0.25) is 0 Å². The van der Waals surface area contributed by atoms with Crippen LogP contribution in [0.25, 0.3) is 22.4 Å². The van der Waals surface area contributed by atoms with E-state index < -0.39 is 0 Å². The third kappa shape index (κ3) is 1.25. The van der Waals surface area contributed by atoms with E-state index in [0.29, 0.717) is 11.8 Å². The highest BCUT2D eigenvalue weighted by molar-refractivity contribution is 5.91. The number of hydrogen-bond acceptors (Lipinski definition) is 5. The van der Waals surface area contributed by atoms with Gasteiger partial charge in [-0.15, -0.1) is 0 Å². The summed E-state index contributed by atoms with van der Waals surface area (Å²) in [6.45, 7) is 0. The molecule has 0 saturated carbocycles. The van der Waals surface area contributed by atoms with E-state index in [-0.39, 0.29) is 0 Å². The zero-order valence-electron chi connectivity index (χ0n) is 8.60. The molecule has 0 saturated heterocycles. The van der Waals surface area contributed by atoms with Gasteiger partial charge in [0.25, 0.3) is 0 Å². The minimum atomic E-state index is 0.389. The predicted octanol–water partition coefficient (Wildman–Crippen LogP) is 2.52. The van der Waals surface area contributed by atoms with Crippen LogP contribution in [0, 0.1) is 0 Å².